The van der Waals surface area contributed by atoms with Crippen LogP contribution in [0.3, 0.4) is 0 Å². The second kappa shape index (κ2) is 9.71. The lowest BCUT2D eigenvalue weighted by molar-refractivity contribution is 0.102. The minimum atomic E-state index is -0.213. The third-order valence-electron chi connectivity index (χ3n) is 5.38. The zero-order valence-corrected chi connectivity index (χ0v) is 21.5. The lowest BCUT2D eigenvalue weighted by Gasteiger charge is -2.07. The van der Waals surface area contributed by atoms with Gasteiger partial charge in [-0.1, -0.05) is 41.4 Å². The van der Waals surface area contributed by atoms with Gasteiger partial charge in [0, 0.05) is 17.3 Å². The van der Waals surface area contributed by atoms with Crippen LogP contribution in [0.5, 0.6) is 0 Å². The summed E-state index contributed by atoms with van der Waals surface area (Å²) in [6.07, 6.45) is 0. The van der Waals surface area contributed by atoms with Crippen LogP contribution in [-0.2, 0) is 13.1 Å². The molecule has 0 aliphatic heterocycles. The number of anilines is 1. The van der Waals surface area contributed by atoms with Crippen LogP contribution in [0.25, 0.3) is 0 Å². The Labute approximate surface area is 210 Å². The fraction of sp³-hybridized carbons (Fsp3) is 0.208. The Hall–Kier alpha value is -2.61. The molecule has 0 radical (unpaired) electrons. The molecule has 33 heavy (non-hydrogen) atoms. The van der Waals surface area contributed by atoms with Gasteiger partial charge in [-0.15, -0.1) is 0 Å². The normalized spacial score (nSPS) is 11.1. The quantitative estimate of drug-likeness (QED) is 0.303. The molecular formula is C24H22BrCl2N5O. The number of halogens is 3. The number of nitrogens with one attached hydrogen (secondary N) is 1. The fourth-order valence-corrected chi connectivity index (χ4v) is 4.10. The van der Waals surface area contributed by atoms with Crippen molar-refractivity contribution in [1.29, 1.82) is 0 Å². The number of benzene rings is 2. The molecule has 170 valence electrons. The summed E-state index contributed by atoms with van der Waals surface area (Å²) >= 11 is 15.7. The van der Waals surface area contributed by atoms with E-state index in [0.717, 1.165) is 32.7 Å². The average molecular weight is 547 g/mol. The number of carbonyl (C=O) groups is 1. The summed E-state index contributed by atoms with van der Waals surface area (Å²) in [6, 6.07) is 14.8. The molecule has 0 atom stereocenters. The van der Waals surface area contributed by atoms with Crippen LogP contribution >= 0.6 is 39.1 Å². The Morgan fingerprint density at radius 1 is 0.909 bits per heavy atom. The predicted octanol–water partition coefficient (Wildman–Crippen LogP) is 6.42. The van der Waals surface area contributed by atoms with Crippen LogP contribution in [-0.4, -0.2) is 25.5 Å². The SMILES string of the molecule is Cc1nn(Cc2ccc(C(=O)Nc3cc(C)n(Cc4ccc(Cl)c(Cl)c4)n3)cc2)c(C)c1Br. The van der Waals surface area contributed by atoms with Crippen LogP contribution < -0.4 is 5.32 Å². The largest absolute Gasteiger partial charge is 0.305 e. The van der Waals surface area contributed by atoms with Crippen molar-refractivity contribution in [2.24, 2.45) is 0 Å². The summed E-state index contributed by atoms with van der Waals surface area (Å²) in [5, 5.41) is 12.9. The maximum atomic E-state index is 12.7. The van der Waals surface area contributed by atoms with Crippen LogP contribution in [0.15, 0.2) is 53.0 Å². The first-order chi connectivity index (χ1) is 15.7. The lowest BCUT2D eigenvalue weighted by Crippen LogP contribution is -2.13. The molecule has 0 saturated carbocycles. The summed E-state index contributed by atoms with van der Waals surface area (Å²) in [4.78, 5) is 12.7. The summed E-state index contributed by atoms with van der Waals surface area (Å²) in [6.45, 7) is 7.09. The third-order valence-corrected chi connectivity index (χ3v) is 7.27. The van der Waals surface area contributed by atoms with Gasteiger partial charge in [-0.05, 0) is 72.1 Å². The number of carbonyl (C=O) groups excluding carboxylic acids is 1. The zero-order chi connectivity index (χ0) is 23.7. The number of rotatable bonds is 6. The number of nitrogens with zero attached hydrogens (tertiary/aromatic N) is 4. The molecule has 2 aromatic heterocycles. The lowest BCUT2D eigenvalue weighted by atomic mass is 10.1. The zero-order valence-electron chi connectivity index (χ0n) is 18.4. The fourth-order valence-electron chi connectivity index (χ4n) is 3.49. The van der Waals surface area contributed by atoms with Gasteiger partial charge >= 0.3 is 0 Å². The molecule has 0 saturated heterocycles. The number of aryl methyl sites for hydroxylation is 2. The highest BCUT2D eigenvalue weighted by Gasteiger charge is 2.12. The minimum Gasteiger partial charge on any atom is -0.305 e. The van der Waals surface area contributed by atoms with Crippen LogP contribution in [0.4, 0.5) is 5.82 Å². The van der Waals surface area contributed by atoms with E-state index in [2.05, 4.69) is 31.4 Å². The molecule has 1 N–H and O–H groups in total. The second-order valence-corrected chi connectivity index (χ2v) is 9.48. The molecule has 4 rings (SSSR count). The smallest absolute Gasteiger partial charge is 0.256 e. The summed E-state index contributed by atoms with van der Waals surface area (Å²) in [5.41, 5.74) is 5.54. The van der Waals surface area contributed by atoms with E-state index >= 15 is 0 Å². The van der Waals surface area contributed by atoms with Crippen LogP contribution in [0, 0.1) is 20.8 Å². The van der Waals surface area contributed by atoms with E-state index in [1.807, 2.05) is 72.6 Å². The van der Waals surface area contributed by atoms with Gasteiger partial charge in [0.05, 0.1) is 39.0 Å². The van der Waals surface area contributed by atoms with E-state index in [4.69, 9.17) is 23.2 Å². The van der Waals surface area contributed by atoms with Gasteiger partial charge in [0.25, 0.3) is 5.91 Å². The molecule has 0 fully saturated rings. The average Bonchev–Trinajstić information content (AvgIpc) is 3.24. The van der Waals surface area contributed by atoms with Gasteiger partial charge in [0.15, 0.2) is 5.82 Å². The van der Waals surface area contributed by atoms with E-state index in [1.165, 1.54) is 0 Å². The van der Waals surface area contributed by atoms with Gasteiger partial charge in [0.2, 0.25) is 0 Å². The highest BCUT2D eigenvalue weighted by Crippen LogP contribution is 2.24. The van der Waals surface area contributed by atoms with Crippen molar-refractivity contribution in [3.05, 3.63) is 96.8 Å². The first kappa shape index (κ1) is 23.5. The second-order valence-electron chi connectivity index (χ2n) is 7.87. The van der Waals surface area contributed by atoms with Crippen molar-refractivity contribution in [3.8, 4) is 0 Å². The van der Waals surface area contributed by atoms with Gasteiger partial charge in [-0.25, -0.2) is 0 Å². The van der Waals surface area contributed by atoms with Crippen LogP contribution in [0.1, 0.15) is 38.6 Å². The standard InChI is InChI=1S/C24H22BrCl2N5O/c1-14-10-22(30-31(14)13-18-6-9-20(26)21(27)11-18)28-24(33)19-7-4-17(5-8-19)12-32-16(3)23(25)15(2)29-32/h4-11H,12-13H2,1-3H3,(H,28,30,33). The highest BCUT2D eigenvalue weighted by atomic mass is 79.9. The maximum absolute atomic E-state index is 12.7. The molecule has 0 aliphatic rings. The number of hydrogen-bond acceptors (Lipinski definition) is 3. The highest BCUT2D eigenvalue weighted by molar-refractivity contribution is 9.10. The van der Waals surface area contributed by atoms with E-state index < -0.39 is 0 Å². The van der Waals surface area contributed by atoms with Crippen LogP contribution in [0.2, 0.25) is 10.0 Å². The minimum absolute atomic E-state index is 0.213. The maximum Gasteiger partial charge on any atom is 0.256 e. The van der Waals surface area contributed by atoms with E-state index in [9.17, 15) is 4.79 Å². The molecule has 4 aromatic rings. The Bertz CT molecular complexity index is 1330. The Kier molecular flexibility index (Phi) is 6.93. The predicted molar refractivity (Wildman–Crippen MR) is 135 cm³/mol. The monoisotopic (exact) mass is 545 g/mol. The number of aromatic nitrogens is 4. The number of amides is 1. The molecule has 0 bridgehead atoms. The molecule has 1 amide bonds. The van der Waals surface area contributed by atoms with Crippen molar-refractivity contribution in [3.63, 3.8) is 0 Å². The molecule has 9 heteroatoms. The van der Waals surface area contributed by atoms with E-state index in [1.54, 1.807) is 6.07 Å². The molecule has 2 aromatic carbocycles. The van der Waals surface area contributed by atoms with Gasteiger partial charge in [-0.3, -0.25) is 14.2 Å². The molecule has 6 nitrogen and oxygen atoms in total. The van der Waals surface area contributed by atoms with E-state index in [0.29, 0.717) is 34.5 Å². The van der Waals surface area contributed by atoms with Crippen molar-refractivity contribution in [1.82, 2.24) is 19.6 Å². The third kappa shape index (κ3) is 5.32. The molecule has 2 heterocycles. The Morgan fingerprint density at radius 2 is 1.58 bits per heavy atom. The first-order valence-electron chi connectivity index (χ1n) is 10.3. The van der Waals surface area contributed by atoms with Crippen molar-refractivity contribution in [2.75, 3.05) is 5.32 Å². The molecule has 0 spiro atoms. The van der Waals surface area contributed by atoms with Gasteiger partial charge < -0.3 is 5.32 Å². The Balaban J connectivity index is 1.42. The molecule has 0 unspecified atom stereocenters. The van der Waals surface area contributed by atoms with Gasteiger partial charge in [-0.2, -0.15) is 10.2 Å². The van der Waals surface area contributed by atoms with Crippen molar-refractivity contribution >= 4 is 50.9 Å². The molecule has 0 aliphatic carbocycles. The van der Waals surface area contributed by atoms with Crippen molar-refractivity contribution < 1.29 is 4.79 Å². The van der Waals surface area contributed by atoms with Crippen molar-refractivity contribution in [2.45, 2.75) is 33.9 Å². The first-order valence-corrected chi connectivity index (χ1v) is 11.8. The Morgan fingerprint density at radius 3 is 2.21 bits per heavy atom. The summed E-state index contributed by atoms with van der Waals surface area (Å²) < 4.78 is 4.77. The van der Waals surface area contributed by atoms with Gasteiger partial charge in [0.1, 0.15) is 0 Å². The number of hydrogen-bond donors (Lipinski definition) is 1. The summed E-state index contributed by atoms with van der Waals surface area (Å²) in [5.74, 6) is 0.281. The molecular weight excluding hydrogens is 525 g/mol. The topological polar surface area (TPSA) is 64.7 Å². The summed E-state index contributed by atoms with van der Waals surface area (Å²) in [7, 11) is 0. The van der Waals surface area contributed by atoms with E-state index in [-0.39, 0.29) is 5.91 Å².